The van der Waals surface area contributed by atoms with Gasteiger partial charge in [0.1, 0.15) is 0 Å². The lowest BCUT2D eigenvalue weighted by molar-refractivity contribution is -0.137. The summed E-state index contributed by atoms with van der Waals surface area (Å²) in [6, 6.07) is 16.0. The van der Waals surface area contributed by atoms with E-state index in [-0.39, 0.29) is 9.79 Å². The van der Waals surface area contributed by atoms with Crippen LogP contribution in [0.4, 0.5) is 13.2 Å². The van der Waals surface area contributed by atoms with Crippen LogP contribution >= 0.6 is 0 Å². The lowest BCUT2D eigenvalue weighted by Crippen LogP contribution is -2.16. The SMILES string of the molecule is Cc1cc([S+](c2cccc(S(=O)(=O)C(C)C)c2)c2cccc(S(=O)(=O)C(C)C)c2)cc(C(F)(F)F)c1. The first kappa shape index (κ1) is 28.3. The molecule has 0 aliphatic heterocycles. The van der Waals surface area contributed by atoms with Crippen molar-refractivity contribution in [1.29, 1.82) is 0 Å². The van der Waals surface area contributed by atoms with Gasteiger partial charge in [-0.1, -0.05) is 12.1 Å². The molecule has 194 valence electrons. The summed E-state index contributed by atoms with van der Waals surface area (Å²) in [6.45, 7) is 7.77. The number of halogens is 3. The van der Waals surface area contributed by atoms with Crippen LogP contribution in [0.5, 0.6) is 0 Å². The van der Waals surface area contributed by atoms with E-state index in [0.717, 1.165) is 12.1 Å². The third-order valence-corrected chi connectivity index (χ3v) is 12.1. The lowest BCUT2D eigenvalue weighted by atomic mass is 10.1. The van der Waals surface area contributed by atoms with Crippen LogP contribution in [0, 0.1) is 6.92 Å². The van der Waals surface area contributed by atoms with Crippen LogP contribution in [0.25, 0.3) is 0 Å². The highest BCUT2D eigenvalue weighted by atomic mass is 32.2. The maximum atomic E-state index is 13.7. The van der Waals surface area contributed by atoms with Crippen LogP contribution < -0.4 is 0 Å². The van der Waals surface area contributed by atoms with Crippen LogP contribution in [-0.4, -0.2) is 27.3 Å². The van der Waals surface area contributed by atoms with Crippen molar-refractivity contribution in [2.24, 2.45) is 0 Å². The first-order valence-corrected chi connectivity index (χ1v) is 15.5. The minimum Gasteiger partial charge on any atom is -0.223 e. The highest BCUT2D eigenvalue weighted by Crippen LogP contribution is 2.38. The number of aryl methyl sites for hydroxylation is 1. The van der Waals surface area contributed by atoms with Crippen molar-refractivity contribution in [2.75, 3.05) is 0 Å². The topological polar surface area (TPSA) is 68.3 Å². The number of hydrogen-bond acceptors (Lipinski definition) is 4. The van der Waals surface area contributed by atoms with Gasteiger partial charge in [0.2, 0.25) is 0 Å². The van der Waals surface area contributed by atoms with E-state index in [0.29, 0.717) is 20.2 Å². The van der Waals surface area contributed by atoms with Crippen molar-refractivity contribution in [3.63, 3.8) is 0 Å². The lowest BCUT2D eigenvalue weighted by Gasteiger charge is -2.15. The normalized spacial score (nSPS) is 13.1. The van der Waals surface area contributed by atoms with Crippen molar-refractivity contribution < 1.29 is 30.0 Å². The molecule has 0 bridgehead atoms. The van der Waals surface area contributed by atoms with Gasteiger partial charge in [-0.05, 0) is 76.6 Å². The second-order valence-electron chi connectivity index (χ2n) is 8.98. The summed E-state index contributed by atoms with van der Waals surface area (Å²) in [4.78, 5) is 1.36. The van der Waals surface area contributed by atoms with E-state index in [2.05, 4.69) is 0 Å². The van der Waals surface area contributed by atoms with Gasteiger partial charge in [-0.25, -0.2) is 16.8 Å². The molecule has 0 aromatic heterocycles. The highest BCUT2D eigenvalue weighted by Gasteiger charge is 2.37. The third kappa shape index (κ3) is 5.81. The fourth-order valence-corrected chi connectivity index (χ4v) is 8.18. The molecule has 0 radical (unpaired) electrons. The Morgan fingerprint density at radius 3 is 1.50 bits per heavy atom. The summed E-state index contributed by atoms with van der Waals surface area (Å²) >= 11 is 0. The molecule has 0 aliphatic carbocycles. The standard InChI is InChI=1S/C26H28F3O4S3/c1-17(2)35(30,31)24-10-6-8-21(15-24)34(23-13-19(5)12-20(14-23)26(27,28)29)22-9-7-11-25(16-22)36(32,33)18(3)4/h6-18H,1-5H3/q+1. The molecule has 36 heavy (non-hydrogen) atoms. The van der Waals surface area contributed by atoms with E-state index in [4.69, 9.17) is 0 Å². The van der Waals surface area contributed by atoms with E-state index in [1.165, 1.54) is 24.3 Å². The number of benzene rings is 3. The molecule has 0 spiro atoms. The van der Waals surface area contributed by atoms with Crippen LogP contribution in [0.1, 0.15) is 38.8 Å². The van der Waals surface area contributed by atoms with Crippen molar-refractivity contribution in [3.05, 3.63) is 77.9 Å². The van der Waals surface area contributed by atoms with Gasteiger partial charge in [0.15, 0.2) is 34.4 Å². The first-order chi connectivity index (χ1) is 16.5. The molecule has 0 aliphatic rings. The molecule has 3 aromatic rings. The van der Waals surface area contributed by atoms with Crippen LogP contribution in [0.2, 0.25) is 0 Å². The predicted octanol–water partition coefficient (Wildman–Crippen LogP) is 6.47. The number of alkyl halides is 3. The Bertz CT molecular complexity index is 1390. The Morgan fingerprint density at radius 1 is 0.667 bits per heavy atom. The van der Waals surface area contributed by atoms with Crippen LogP contribution in [0.15, 0.2) is 91.2 Å². The van der Waals surface area contributed by atoms with Gasteiger partial charge in [0.05, 0.1) is 36.7 Å². The van der Waals surface area contributed by atoms with Crippen molar-refractivity contribution in [1.82, 2.24) is 0 Å². The highest BCUT2D eigenvalue weighted by molar-refractivity contribution is 7.97. The number of sulfone groups is 2. The Hall–Kier alpha value is -2.30. The van der Waals surface area contributed by atoms with Gasteiger partial charge in [-0.15, -0.1) is 0 Å². The predicted molar refractivity (Wildman–Crippen MR) is 136 cm³/mol. The van der Waals surface area contributed by atoms with Gasteiger partial charge >= 0.3 is 6.18 Å². The summed E-state index contributed by atoms with van der Waals surface area (Å²) in [6.07, 6.45) is -4.58. The third-order valence-electron chi connectivity index (χ3n) is 5.59. The van der Waals surface area contributed by atoms with Crippen molar-refractivity contribution in [2.45, 2.75) is 75.8 Å². The molecule has 3 rings (SSSR count). The molecule has 0 saturated heterocycles. The number of rotatable bonds is 7. The van der Waals surface area contributed by atoms with Crippen molar-refractivity contribution >= 4 is 30.6 Å². The maximum Gasteiger partial charge on any atom is 0.416 e. The Balaban J connectivity index is 2.34. The van der Waals surface area contributed by atoms with E-state index in [1.54, 1.807) is 65.0 Å². The van der Waals surface area contributed by atoms with Crippen LogP contribution in [-0.2, 0) is 36.7 Å². The zero-order valence-corrected chi connectivity index (χ0v) is 22.9. The molecule has 0 N–H and O–H groups in total. The molecule has 0 atom stereocenters. The second kappa shape index (κ2) is 10.2. The molecule has 0 fully saturated rings. The van der Waals surface area contributed by atoms with Gasteiger partial charge in [-0.2, -0.15) is 13.2 Å². The van der Waals surface area contributed by atoms with Gasteiger partial charge in [0.25, 0.3) is 0 Å². The quantitative estimate of drug-likeness (QED) is 0.312. The molecule has 0 amide bonds. The Kier molecular flexibility index (Phi) is 8.03. The molecule has 3 aromatic carbocycles. The fraction of sp³-hybridized carbons (Fsp3) is 0.308. The van der Waals surface area contributed by atoms with Crippen LogP contribution in [0.3, 0.4) is 0 Å². The van der Waals surface area contributed by atoms with E-state index in [9.17, 15) is 30.0 Å². The summed E-state index contributed by atoms with van der Waals surface area (Å²) in [5.41, 5.74) is -0.443. The largest absolute Gasteiger partial charge is 0.416 e. The van der Waals surface area contributed by atoms with Gasteiger partial charge in [0, 0.05) is 18.2 Å². The zero-order chi connectivity index (χ0) is 27.1. The average Bonchev–Trinajstić information content (AvgIpc) is 2.78. The summed E-state index contributed by atoms with van der Waals surface area (Å²) in [5.74, 6) is 0. The van der Waals surface area contributed by atoms with Gasteiger partial charge < -0.3 is 0 Å². The minimum atomic E-state index is -4.58. The zero-order valence-electron chi connectivity index (χ0n) is 20.5. The molecule has 0 heterocycles. The van der Waals surface area contributed by atoms with E-state index < -0.39 is 52.8 Å². The second-order valence-corrected chi connectivity index (χ2v) is 16.0. The van der Waals surface area contributed by atoms with E-state index in [1.807, 2.05) is 0 Å². The molecule has 0 saturated carbocycles. The summed E-state index contributed by atoms with van der Waals surface area (Å²) in [7, 11) is -8.52. The fourth-order valence-electron chi connectivity index (χ4n) is 3.54. The monoisotopic (exact) mass is 557 g/mol. The number of hydrogen-bond donors (Lipinski definition) is 0. The average molecular weight is 558 g/mol. The molecule has 0 unspecified atom stereocenters. The van der Waals surface area contributed by atoms with Gasteiger partial charge in [-0.3, -0.25) is 0 Å². The smallest absolute Gasteiger partial charge is 0.223 e. The summed E-state index contributed by atoms with van der Waals surface area (Å²) < 4.78 is 92.5. The molecular weight excluding hydrogens is 529 g/mol. The minimum absolute atomic E-state index is 0.0576. The Labute approximate surface area is 213 Å². The molecule has 4 nitrogen and oxygen atoms in total. The van der Waals surface area contributed by atoms with Crippen molar-refractivity contribution in [3.8, 4) is 0 Å². The van der Waals surface area contributed by atoms with E-state index >= 15 is 0 Å². The molecule has 10 heteroatoms. The first-order valence-electron chi connectivity index (χ1n) is 11.2. The Morgan fingerprint density at radius 2 is 1.11 bits per heavy atom. The molecular formula is C26H28F3O4S3+. The maximum absolute atomic E-state index is 13.7. The summed E-state index contributed by atoms with van der Waals surface area (Å²) in [5, 5.41) is -1.38.